The van der Waals surface area contributed by atoms with Crippen molar-refractivity contribution in [1.29, 1.82) is 0 Å². The van der Waals surface area contributed by atoms with Gasteiger partial charge in [-0.15, -0.1) is 0 Å². The molecule has 184 valence electrons. The molecule has 0 saturated carbocycles. The third-order valence-corrected chi connectivity index (χ3v) is 5.77. The van der Waals surface area contributed by atoms with Crippen molar-refractivity contribution >= 4 is 17.5 Å². The van der Waals surface area contributed by atoms with Crippen molar-refractivity contribution in [3.8, 4) is 0 Å². The Labute approximate surface area is 202 Å². The summed E-state index contributed by atoms with van der Waals surface area (Å²) < 4.78 is 25.6. The summed E-state index contributed by atoms with van der Waals surface area (Å²) in [6.45, 7) is 14.5. The fraction of sp³-hybridized carbons (Fsp3) is 0.560. The first-order valence-corrected chi connectivity index (χ1v) is 12.0. The smallest absolute Gasteiger partial charge is 0.297 e. The van der Waals surface area contributed by atoms with E-state index in [0.29, 0.717) is 22.7 Å². The molecule has 2 heterocycles. The Morgan fingerprint density at radius 2 is 1.64 bits per heavy atom. The molecule has 1 atom stereocenters. The van der Waals surface area contributed by atoms with Crippen LogP contribution in [0.5, 0.6) is 0 Å². The first kappa shape index (κ1) is 28.9. The van der Waals surface area contributed by atoms with E-state index in [4.69, 9.17) is 11.6 Å². The van der Waals surface area contributed by atoms with Crippen LogP contribution in [0.15, 0.2) is 36.7 Å². The van der Waals surface area contributed by atoms with Crippen LogP contribution in [0.3, 0.4) is 0 Å². The summed E-state index contributed by atoms with van der Waals surface area (Å²) in [7, 11) is 0. The highest BCUT2D eigenvalue weighted by atomic mass is 35.5. The van der Waals surface area contributed by atoms with E-state index in [1.807, 2.05) is 27.7 Å². The number of piperidine rings is 1. The van der Waals surface area contributed by atoms with E-state index < -0.39 is 12.2 Å². The van der Waals surface area contributed by atoms with Gasteiger partial charge in [-0.3, -0.25) is 9.69 Å². The Morgan fingerprint density at radius 3 is 2.15 bits per heavy atom. The summed E-state index contributed by atoms with van der Waals surface area (Å²) in [5.41, 5.74) is 1.36. The van der Waals surface area contributed by atoms with Crippen LogP contribution >= 0.6 is 11.6 Å². The molecule has 0 bridgehead atoms. The van der Waals surface area contributed by atoms with Gasteiger partial charge in [0.1, 0.15) is 0 Å². The molecule has 1 saturated heterocycles. The molecule has 1 N–H and O–H groups in total. The fourth-order valence-corrected chi connectivity index (χ4v) is 3.68. The van der Waals surface area contributed by atoms with E-state index >= 15 is 0 Å². The number of alkyl halides is 2. The van der Waals surface area contributed by atoms with Crippen molar-refractivity contribution in [1.82, 2.24) is 20.2 Å². The van der Waals surface area contributed by atoms with Crippen LogP contribution in [0.1, 0.15) is 88.6 Å². The standard InChI is InChI=1S/C21H25ClF2N4O.2C2H6/c1-21(2)7-9-28(10-8-21)17(14-11-25-19(18(23)24)26-12-14)13-27-20(29)15-5-3-4-6-16(15)22;2*1-2/h3-6,11-12,17-18H,7-10,13H2,1-2H3,(H,27,29);2*1-2H3. The molecule has 1 fully saturated rings. The monoisotopic (exact) mass is 482 g/mol. The lowest BCUT2D eigenvalue weighted by Gasteiger charge is -2.41. The van der Waals surface area contributed by atoms with Gasteiger partial charge in [-0.25, -0.2) is 18.7 Å². The van der Waals surface area contributed by atoms with Crippen LogP contribution in [0, 0.1) is 5.41 Å². The van der Waals surface area contributed by atoms with E-state index in [2.05, 4.69) is 34.0 Å². The number of carbonyl (C=O) groups is 1. The Bertz CT molecular complexity index is 837. The normalized spacial score (nSPS) is 16.1. The van der Waals surface area contributed by atoms with E-state index in [1.54, 1.807) is 24.3 Å². The van der Waals surface area contributed by atoms with Crippen molar-refractivity contribution in [3.63, 3.8) is 0 Å². The van der Waals surface area contributed by atoms with Crippen LogP contribution < -0.4 is 5.32 Å². The second-order valence-corrected chi connectivity index (χ2v) is 8.49. The number of hydrogen-bond donors (Lipinski definition) is 1. The molecular formula is C25H37ClF2N4O. The lowest BCUT2D eigenvalue weighted by molar-refractivity contribution is 0.0824. The maximum absolute atomic E-state index is 12.8. The third-order valence-electron chi connectivity index (χ3n) is 5.44. The van der Waals surface area contributed by atoms with Crippen molar-refractivity contribution in [3.05, 3.63) is 58.6 Å². The molecule has 0 spiro atoms. The van der Waals surface area contributed by atoms with Gasteiger partial charge >= 0.3 is 0 Å². The maximum atomic E-state index is 12.8. The van der Waals surface area contributed by atoms with Gasteiger partial charge in [-0.1, -0.05) is 65.3 Å². The molecule has 8 heteroatoms. The second kappa shape index (κ2) is 14.2. The van der Waals surface area contributed by atoms with Crippen LogP contribution in [0.25, 0.3) is 0 Å². The molecular weight excluding hydrogens is 446 g/mol. The van der Waals surface area contributed by atoms with Crippen molar-refractivity contribution in [2.45, 2.75) is 66.9 Å². The topological polar surface area (TPSA) is 58.1 Å². The van der Waals surface area contributed by atoms with E-state index in [0.717, 1.165) is 25.9 Å². The zero-order valence-electron chi connectivity index (χ0n) is 20.5. The number of amides is 1. The molecule has 1 aromatic carbocycles. The largest absolute Gasteiger partial charge is 0.350 e. The number of halogens is 3. The number of nitrogens with zero attached hydrogens (tertiary/aromatic N) is 3. The number of benzene rings is 1. The number of carbonyl (C=O) groups excluding carboxylic acids is 1. The van der Waals surface area contributed by atoms with Gasteiger partial charge in [0.25, 0.3) is 12.3 Å². The molecule has 1 unspecified atom stereocenters. The first-order valence-electron chi connectivity index (χ1n) is 11.6. The third kappa shape index (κ3) is 8.63. The molecule has 3 rings (SSSR count). The molecule has 0 aliphatic carbocycles. The predicted octanol–water partition coefficient (Wildman–Crippen LogP) is 6.71. The van der Waals surface area contributed by atoms with Crippen LogP contribution in [-0.4, -0.2) is 40.4 Å². The molecule has 5 nitrogen and oxygen atoms in total. The summed E-state index contributed by atoms with van der Waals surface area (Å²) in [4.78, 5) is 22.4. The molecule has 0 radical (unpaired) electrons. The minimum absolute atomic E-state index is 0.204. The number of hydrogen-bond acceptors (Lipinski definition) is 4. The molecule has 1 aliphatic rings. The van der Waals surface area contributed by atoms with Gasteiger partial charge in [0.15, 0.2) is 5.82 Å². The molecule has 2 aromatic rings. The summed E-state index contributed by atoms with van der Waals surface area (Å²) in [6.07, 6.45) is 2.18. The van der Waals surface area contributed by atoms with Gasteiger partial charge in [-0.05, 0) is 43.5 Å². The molecule has 33 heavy (non-hydrogen) atoms. The van der Waals surface area contributed by atoms with Crippen molar-refractivity contribution < 1.29 is 13.6 Å². The zero-order valence-corrected chi connectivity index (χ0v) is 21.3. The SMILES string of the molecule is CC.CC.CC1(C)CCN(C(CNC(=O)c2ccccc2Cl)c2cnc(C(F)F)nc2)CC1. The Hall–Kier alpha value is -2.12. The highest BCUT2D eigenvalue weighted by Crippen LogP contribution is 2.33. The van der Waals surface area contributed by atoms with Gasteiger partial charge in [0.2, 0.25) is 0 Å². The lowest BCUT2D eigenvalue weighted by Crippen LogP contribution is -2.44. The number of likely N-dealkylation sites (tertiary alicyclic amines) is 1. The first-order chi connectivity index (χ1) is 15.8. The highest BCUT2D eigenvalue weighted by Gasteiger charge is 2.31. The summed E-state index contributed by atoms with van der Waals surface area (Å²) in [5.74, 6) is -0.768. The maximum Gasteiger partial charge on any atom is 0.297 e. The number of aromatic nitrogens is 2. The van der Waals surface area contributed by atoms with Gasteiger partial charge < -0.3 is 5.32 Å². The Morgan fingerprint density at radius 1 is 1.09 bits per heavy atom. The minimum atomic E-state index is -2.71. The van der Waals surface area contributed by atoms with Crippen LogP contribution in [0.4, 0.5) is 8.78 Å². The highest BCUT2D eigenvalue weighted by molar-refractivity contribution is 6.33. The van der Waals surface area contributed by atoms with Crippen LogP contribution in [0.2, 0.25) is 5.02 Å². The van der Waals surface area contributed by atoms with Gasteiger partial charge in [-0.2, -0.15) is 0 Å². The average Bonchev–Trinajstić information content (AvgIpc) is 2.83. The fourth-order valence-electron chi connectivity index (χ4n) is 3.46. The van der Waals surface area contributed by atoms with E-state index in [-0.39, 0.29) is 17.4 Å². The van der Waals surface area contributed by atoms with Gasteiger partial charge in [0.05, 0.1) is 16.6 Å². The lowest BCUT2D eigenvalue weighted by atomic mass is 9.82. The summed E-state index contributed by atoms with van der Waals surface area (Å²) in [5, 5.41) is 3.31. The number of nitrogens with one attached hydrogen (secondary N) is 1. The molecule has 1 aromatic heterocycles. The summed E-state index contributed by atoms with van der Waals surface area (Å²) >= 11 is 6.12. The number of rotatable bonds is 6. The van der Waals surface area contributed by atoms with E-state index in [1.165, 1.54) is 12.4 Å². The second-order valence-electron chi connectivity index (χ2n) is 8.08. The van der Waals surface area contributed by atoms with Crippen LogP contribution in [-0.2, 0) is 0 Å². The van der Waals surface area contributed by atoms with Crippen molar-refractivity contribution in [2.75, 3.05) is 19.6 Å². The Kier molecular flexibility index (Phi) is 12.4. The summed E-state index contributed by atoms with van der Waals surface area (Å²) in [6, 6.07) is 6.64. The Balaban J connectivity index is 0.00000129. The predicted molar refractivity (Wildman–Crippen MR) is 131 cm³/mol. The van der Waals surface area contributed by atoms with Gasteiger partial charge in [0, 0.05) is 24.5 Å². The minimum Gasteiger partial charge on any atom is -0.350 e. The molecule has 1 amide bonds. The van der Waals surface area contributed by atoms with Crippen molar-refractivity contribution in [2.24, 2.45) is 5.41 Å². The van der Waals surface area contributed by atoms with E-state index in [9.17, 15) is 13.6 Å². The zero-order chi connectivity index (χ0) is 25.0. The molecule has 1 aliphatic heterocycles. The quantitative estimate of drug-likeness (QED) is 0.496. The average molecular weight is 483 g/mol.